The number of carbonyl (C=O) groups is 1. The molecule has 1 aromatic carbocycles. The van der Waals surface area contributed by atoms with Crippen molar-refractivity contribution in [2.24, 2.45) is 4.99 Å². The molecule has 0 aliphatic carbocycles. The van der Waals surface area contributed by atoms with Crippen LogP contribution in [0.3, 0.4) is 0 Å². The fourth-order valence-corrected chi connectivity index (χ4v) is 3.79. The number of rotatable bonds is 7. The largest absolute Gasteiger partial charge is 0.368 e. The molecule has 0 saturated carbocycles. The minimum atomic E-state index is 0.171. The Labute approximate surface area is 188 Å². The Kier molecular flexibility index (Phi) is 7.16. The Bertz CT molecular complexity index is 1040. The summed E-state index contributed by atoms with van der Waals surface area (Å²) in [5.41, 5.74) is 2.02. The van der Waals surface area contributed by atoms with Crippen molar-refractivity contribution in [2.75, 3.05) is 44.2 Å². The number of hydrogen-bond acceptors (Lipinski definition) is 5. The molecule has 2 aromatic heterocycles. The van der Waals surface area contributed by atoms with E-state index in [-0.39, 0.29) is 5.91 Å². The quantitative estimate of drug-likeness (QED) is 0.433. The van der Waals surface area contributed by atoms with Crippen molar-refractivity contribution in [3.8, 4) is 0 Å². The maximum atomic E-state index is 12.7. The molecule has 1 fully saturated rings. The fraction of sp³-hybridized carbons (Fsp3) is 0.391. The second-order valence-corrected chi connectivity index (χ2v) is 7.62. The maximum Gasteiger partial charge on any atom is 0.224 e. The highest BCUT2D eigenvalue weighted by molar-refractivity contribution is 5.81. The predicted molar refractivity (Wildman–Crippen MR) is 126 cm³/mol. The number of nitrogens with zero attached hydrogens (tertiary/aromatic N) is 6. The van der Waals surface area contributed by atoms with Gasteiger partial charge in [-0.25, -0.2) is 4.99 Å². The van der Waals surface area contributed by atoms with Gasteiger partial charge in [-0.3, -0.25) is 9.20 Å². The van der Waals surface area contributed by atoms with Crippen LogP contribution >= 0.6 is 0 Å². The van der Waals surface area contributed by atoms with Gasteiger partial charge in [0.25, 0.3) is 0 Å². The molecular weight excluding hydrogens is 404 g/mol. The van der Waals surface area contributed by atoms with E-state index in [9.17, 15) is 4.79 Å². The fourth-order valence-electron chi connectivity index (χ4n) is 3.79. The molecule has 3 aromatic rings. The number of guanidine groups is 1. The molecule has 2 N–H and O–H groups in total. The molecule has 0 atom stereocenters. The molecule has 0 bridgehead atoms. The SMILES string of the molecule is CCNC(=NCc1nnc2ccccn12)NCCC(=O)N1CCN(c2ccccc2)CC1. The molecule has 4 rings (SSSR count). The number of amides is 1. The van der Waals surface area contributed by atoms with Crippen LogP contribution in [-0.2, 0) is 11.3 Å². The Hall–Kier alpha value is -3.62. The van der Waals surface area contributed by atoms with Crippen molar-refractivity contribution in [2.45, 2.75) is 19.9 Å². The number of para-hydroxylation sites is 1. The van der Waals surface area contributed by atoms with Crippen molar-refractivity contribution in [1.29, 1.82) is 0 Å². The number of carbonyl (C=O) groups excluding carboxylic acids is 1. The highest BCUT2D eigenvalue weighted by Gasteiger charge is 2.20. The van der Waals surface area contributed by atoms with Gasteiger partial charge in [-0.05, 0) is 31.2 Å². The molecule has 9 heteroatoms. The molecular formula is C23H30N8O. The monoisotopic (exact) mass is 434 g/mol. The van der Waals surface area contributed by atoms with E-state index in [0.29, 0.717) is 25.5 Å². The lowest BCUT2D eigenvalue weighted by Crippen LogP contribution is -2.49. The van der Waals surface area contributed by atoms with Gasteiger partial charge in [-0.2, -0.15) is 0 Å². The van der Waals surface area contributed by atoms with Gasteiger partial charge >= 0.3 is 0 Å². The molecule has 0 radical (unpaired) electrons. The van der Waals surface area contributed by atoms with Gasteiger partial charge < -0.3 is 20.4 Å². The van der Waals surface area contributed by atoms with Gasteiger partial charge in [-0.15, -0.1) is 10.2 Å². The molecule has 9 nitrogen and oxygen atoms in total. The lowest BCUT2D eigenvalue weighted by atomic mass is 10.2. The summed E-state index contributed by atoms with van der Waals surface area (Å²) in [5, 5.41) is 14.8. The van der Waals surface area contributed by atoms with Crippen molar-refractivity contribution in [1.82, 2.24) is 30.1 Å². The van der Waals surface area contributed by atoms with Crippen LogP contribution in [0.15, 0.2) is 59.7 Å². The summed E-state index contributed by atoms with van der Waals surface area (Å²) in [6, 6.07) is 16.1. The van der Waals surface area contributed by atoms with E-state index in [2.05, 4.69) is 42.9 Å². The van der Waals surface area contributed by atoms with Crippen LogP contribution in [0.4, 0.5) is 5.69 Å². The van der Waals surface area contributed by atoms with Crippen molar-refractivity contribution >= 4 is 23.2 Å². The van der Waals surface area contributed by atoms with Gasteiger partial charge in [0.1, 0.15) is 6.54 Å². The van der Waals surface area contributed by atoms with Crippen LogP contribution < -0.4 is 15.5 Å². The van der Waals surface area contributed by atoms with E-state index in [1.54, 1.807) is 0 Å². The highest BCUT2D eigenvalue weighted by Crippen LogP contribution is 2.15. The zero-order valence-electron chi connectivity index (χ0n) is 18.4. The smallest absolute Gasteiger partial charge is 0.224 e. The molecule has 1 aliphatic rings. The summed E-state index contributed by atoms with van der Waals surface area (Å²) in [7, 11) is 0. The predicted octanol–water partition coefficient (Wildman–Crippen LogP) is 1.52. The first-order valence-electron chi connectivity index (χ1n) is 11.1. The third kappa shape index (κ3) is 5.35. The molecule has 168 valence electrons. The first-order chi connectivity index (χ1) is 15.7. The second-order valence-electron chi connectivity index (χ2n) is 7.62. The number of anilines is 1. The van der Waals surface area contributed by atoms with E-state index in [1.165, 1.54) is 5.69 Å². The second kappa shape index (κ2) is 10.6. The van der Waals surface area contributed by atoms with Crippen molar-refractivity contribution < 1.29 is 4.79 Å². The van der Waals surface area contributed by atoms with Crippen LogP contribution in [0.25, 0.3) is 5.65 Å². The number of piperazine rings is 1. The van der Waals surface area contributed by atoms with Gasteiger partial charge in [-0.1, -0.05) is 24.3 Å². The first kappa shape index (κ1) is 21.6. The lowest BCUT2D eigenvalue weighted by Gasteiger charge is -2.36. The molecule has 3 heterocycles. The van der Waals surface area contributed by atoms with Gasteiger partial charge in [0, 0.05) is 57.6 Å². The molecule has 0 spiro atoms. The van der Waals surface area contributed by atoms with E-state index in [1.807, 2.05) is 58.8 Å². The summed E-state index contributed by atoms with van der Waals surface area (Å²) < 4.78 is 1.92. The number of aromatic nitrogens is 3. The van der Waals surface area contributed by atoms with Crippen LogP contribution in [0.5, 0.6) is 0 Å². The van der Waals surface area contributed by atoms with Crippen molar-refractivity contribution in [3.05, 3.63) is 60.6 Å². The first-order valence-corrected chi connectivity index (χ1v) is 11.1. The van der Waals surface area contributed by atoms with Gasteiger partial charge in [0.05, 0.1) is 0 Å². The Morgan fingerprint density at radius 1 is 1.00 bits per heavy atom. The minimum Gasteiger partial charge on any atom is -0.368 e. The summed E-state index contributed by atoms with van der Waals surface area (Å²) >= 11 is 0. The van der Waals surface area contributed by atoms with Crippen LogP contribution in [-0.4, -0.2) is 70.6 Å². The topological polar surface area (TPSA) is 90.2 Å². The average Bonchev–Trinajstić information content (AvgIpc) is 3.26. The number of pyridine rings is 1. The summed E-state index contributed by atoms with van der Waals surface area (Å²) in [6.07, 6.45) is 2.36. The number of hydrogen-bond donors (Lipinski definition) is 2. The number of benzene rings is 1. The number of nitrogens with one attached hydrogen (secondary N) is 2. The molecule has 1 amide bonds. The van der Waals surface area contributed by atoms with E-state index < -0.39 is 0 Å². The average molecular weight is 435 g/mol. The normalized spacial score (nSPS) is 14.6. The summed E-state index contributed by atoms with van der Waals surface area (Å²) in [5.74, 6) is 1.61. The number of aliphatic imine (C=N–C) groups is 1. The van der Waals surface area contributed by atoms with Crippen LogP contribution in [0.2, 0.25) is 0 Å². The number of fused-ring (bicyclic) bond motifs is 1. The highest BCUT2D eigenvalue weighted by atomic mass is 16.2. The standard InChI is InChI=1S/C23H30N8O/c1-2-24-23(26-18-21-28-27-20-10-6-7-13-31(20)21)25-12-11-22(32)30-16-14-29(15-17-30)19-8-4-3-5-9-19/h3-10,13H,2,11-12,14-18H2,1H3,(H2,24,25,26). The van der Waals surface area contributed by atoms with Gasteiger partial charge in [0.15, 0.2) is 17.4 Å². The molecule has 32 heavy (non-hydrogen) atoms. The molecule has 1 aliphatic heterocycles. The van der Waals surface area contributed by atoms with Crippen LogP contribution in [0, 0.1) is 0 Å². The maximum absolute atomic E-state index is 12.7. The summed E-state index contributed by atoms with van der Waals surface area (Å²) in [6.45, 7) is 6.91. The zero-order chi connectivity index (χ0) is 22.2. The lowest BCUT2D eigenvalue weighted by molar-refractivity contribution is -0.131. The third-order valence-corrected chi connectivity index (χ3v) is 5.49. The van der Waals surface area contributed by atoms with Crippen molar-refractivity contribution in [3.63, 3.8) is 0 Å². The zero-order valence-corrected chi connectivity index (χ0v) is 18.4. The third-order valence-electron chi connectivity index (χ3n) is 5.49. The van der Waals surface area contributed by atoms with Gasteiger partial charge in [0.2, 0.25) is 5.91 Å². The van der Waals surface area contributed by atoms with E-state index in [0.717, 1.165) is 44.2 Å². The Balaban J connectivity index is 1.24. The molecule has 1 saturated heterocycles. The Morgan fingerprint density at radius 3 is 2.56 bits per heavy atom. The Morgan fingerprint density at radius 2 is 1.78 bits per heavy atom. The van der Waals surface area contributed by atoms with E-state index >= 15 is 0 Å². The van der Waals surface area contributed by atoms with Crippen LogP contribution in [0.1, 0.15) is 19.2 Å². The minimum absolute atomic E-state index is 0.171. The molecule has 0 unspecified atom stereocenters. The summed E-state index contributed by atoms with van der Waals surface area (Å²) in [4.78, 5) is 21.5. The van der Waals surface area contributed by atoms with E-state index in [4.69, 9.17) is 0 Å².